The van der Waals surface area contributed by atoms with E-state index in [9.17, 15) is 0 Å². The standard InChI is InChI=1S/2C11H19OSi.C3H6.2ClH.Zr/c2*1-10(12-13(2,3)4)9-11-7-5-6-8-11;1-3-2;;;/h2*5-8,10H,9H2,1-4H3;1-2H3;2*1H;/q2*-1;;;;+2/p-2. The van der Waals surface area contributed by atoms with Crippen LogP contribution in [0.15, 0.2) is 48.5 Å². The fourth-order valence-electron chi connectivity index (χ4n) is 3.05. The van der Waals surface area contributed by atoms with E-state index in [0.29, 0.717) is 12.2 Å². The summed E-state index contributed by atoms with van der Waals surface area (Å²) < 4.78 is 13.4. The number of hydrogen-bond donors (Lipinski definition) is 0. The molecule has 0 radical (unpaired) electrons. The molecule has 2 unspecified atom stereocenters. The van der Waals surface area contributed by atoms with Gasteiger partial charge in [0.25, 0.3) is 0 Å². The van der Waals surface area contributed by atoms with Gasteiger partial charge >= 0.3 is 41.3 Å². The van der Waals surface area contributed by atoms with E-state index in [-0.39, 0.29) is 24.8 Å². The first-order valence-electron chi connectivity index (χ1n) is 11.0. The van der Waals surface area contributed by atoms with E-state index in [0.717, 1.165) is 12.8 Å². The van der Waals surface area contributed by atoms with Crippen LogP contribution in [-0.4, -0.2) is 32.0 Å². The summed E-state index contributed by atoms with van der Waals surface area (Å²) in [7, 11) is -2.71. The van der Waals surface area contributed by atoms with Gasteiger partial charge in [-0.2, -0.15) is 35.4 Å². The molecule has 0 aliphatic heterocycles. The zero-order valence-electron chi connectivity index (χ0n) is 21.8. The molecule has 0 saturated heterocycles. The summed E-state index contributed by atoms with van der Waals surface area (Å²) >= 11 is 1.55. The Hall–Kier alpha value is 0.387. The molecular weight excluding hydrogens is 551 g/mol. The first-order chi connectivity index (χ1) is 13.7. The van der Waals surface area contributed by atoms with Gasteiger partial charge in [-0.3, -0.25) is 0 Å². The van der Waals surface area contributed by atoms with Gasteiger partial charge in [0.15, 0.2) is 16.6 Å². The van der Waals surface area contributed by atoms with Gasteiger partial charge in [0.1, 0.15) is 0 Å². The van der Waals surface area contributed by atoms with E-state index in [4.69, 9.17) is 8.85 Å². The molecule has 0 aromatic heterocycles. The third kappa shape index (κ3) is 25.0. The van der Waals surface area contributed by atoms with Crippen molar-refractivity contribution in [2.75, 3.05) is 0 Å². The van der Waals surface area contributed by atoms with Crippen LogP contribution in [0.1, 0.15) is 38.8 Å². The van der Waals surface area contributed by atoms with Gasteiger partial charge in [0.05, 0.1) is 0 Å². The Labute approximate surface area is 228 Å². The normalized spacial score (nSPS) is 12.6. The molecule has 0 N–H and O–H groups in total. The average molecular weight is 595 g/mol. The summed E-state index contributed by atoms with van der Waals surface area (Å²) in [4.78, 5) is 0. The Kier molecular flexibility index (Phi) is 21.6. The third-order valence-electron chi connectivity index (χ3n) is 3.62. The molecule has 7 heteroatoms. The minimum Gasteiger partial charge on any atom is -1.00 e. The minimum absolute atomic E-state index is 0. The predicted molar refractivity (Wildman–Crippen MR) is 136 cm³/mol. The Balaban J connectivity index is -0.000000428. The van der Waals surface area contributed by atoms with Gasteiger partial charge in [0.2, 0.25) is 0 Å². The maximum Gasteiger partial charge on any atom is -1.00 e. The van der Waals surface area contributed by atoms with Gasteiger partial charge < -0.3 is 33.7 Å². The molecule has 0 heterocycles. The molecule has 2 nitrogen and oxygen atoms in total. The Bertz CT molecular complexity index is 618. The van der Waals surface area contributed by atoms with Crippen LogP contribution in [-0.2, 0) is 45.9 Å². The second kappa shape index (κ2) is 18.7. The van der Waals surface area contributed by atoms with Crippen molar-refractivity contribution in [2.45, 2.75) is 92.0 Å². The molecule has 0 amide bonds. The molecule has 2 rings (SSSR count). The largest absolute Gasteiger partial charge is 1.00 e. The number of hydrogen-bond acceptors (Lipinski definition) is 2. The molecule has 0 bridgehead atoms. The SMILES string of the molecule is CC(C[c-]1cccc1)O[Si](C)(C)C.CC(C[c-]1cccc1)O[Si](C)(C)C.C[C](C)=[Zr+2].[Cl-].[Cl-]. The number of rotatable bonds is 8. The van der Waals surface area contributed by atoms with Crippen LogP contribution in [0.4, 0.5) is 0 Å². The molecule has 32 heavy (non-hydrogen) atoms. The van der Waals surface area contributed by atoms with E-state index >= 15 is 0 Å². The summed E-state index contributed by atoms with van der Waals surface area (Å²) in [5, 5.41) is 0. The summed E-state index contributed by atoms with van der Waals surface area (Å²) in [6.07, 6.45) is 2.79. The Morgan fingerprint density at radius 1 is 0.688 bits per heavy atom. The molecular formula is C25H44Cl2O2Si2Zr-2. The fraction of sp³-hybridized carbons (Fsp3) is 0.560. The molecule has 2 atom stereocenters. The smallest absolute Gasteiger partial charge is 1.00 e. The quantitative estimate of drug-likeness (QED) is 0.337. The van der Waals surface area contributed by atoms with E-state index < -0.39 is 16.6 Å². The van der Waals surface area contributed by atoms with Crippen LogP contribution >= 0.6 is 0 Å². The second-order valence-corrected chi connectivity index (χ2v) is 21.5. The Morgan fingerprint density at radius 2 is 0.906 bits per heavy atom. The van der Waals surface area contributed by atoms with E-state index in [1.807, 2.05) is 0 Å². The minimum atomic E-state index is -1.35. The fourth-order valence-corrected chi connectivity index (χ4v) is 5.64. The van der Waals surface area contributed by atoms with Crippen LogP contribution in [0.25, 0.3) is 0 Å². The van der Waals surface area contributed by atoms with Crippen molar-refractivity contribution in [2.24, 2.45) is 0 Å². The summed E-state index contributed by atoms with van der Waals surface area (Å²) in [6, 6.07) is 16.9. The summed E-state index contributed by atoms with van der Waals surface area (Å²) in [5.41, 5.74) is 2.76. The van der Waals surface area contributed by atoms with Crippen LogP contribution in [0.2, 0.25) is 39.3 Å². The molecule has 2 aromatic rings. The van der Waals surface area contributed by atoms with Crippen molar-refractivity contribution in [1.29, 1.82) is 0 Å². The van der Waals surface area contributed by atoms with E-state index in [1.54, 1.807) is 24.2 Å². The van der Waals surface area contributed by atoms with Gasteiger partial charge in [-0.15, -0.1) is 0 Å². The summed E-state index contributed by atoms with van der Waals surface area (Å²) in [6.45, 7) is 21.9. The molecule has 0 fully saturated rings. The Morgan fingerprint density at radius 3 is 1.09 bits per heavy atom. The van der Waals surface area contributed by atoms with Gasteiger partial charge in [0, 0.05) is 12.2 Å². The third-order valence-corrected chi connectivity index (χ3v) is 5.84. The molecule has 0 saturated carbocycles. The second-order valence-electron chi connectivity index (χ2n) is 10.1. The van der Waals surface area contributed by atoms with Crippen LogP contribution in [0, 0.1) is 0 Å². The molecule has 0 aliphatic rings. The maximum atomic E-state index is 5.95. The van der Waals surface area contributed by atoms with Crippen molar-refractivity contribution < 1.29 is 57.9 Å². The van der Waals surface area contributed by atoms with Crippen molar-refractivity contribution in [3.05, 3.63) is 59.7 Å². The van der Waals surface area contributed by atoms with Gasteiger partial charge in [-0.25, -0.2) is 24.3 Å². The molecule has 0 aliphatic carbocycles. The van der Waals surface area contributed by atoms with Gasteiger partial charge in [-0.05, 0) is 66.0 Å². The van der Waals surface area contributed by atoms with Crippen molar-refractivity contribution in [1.82, 2.24) is 0 Å². The molecule has 2 aromatic carbocycles. The van der Waals surface area contributed by atoms with Crippen LogP contribution < -0.4 is 24.8 Å². The van der Waals surface area contributed by atoms with E-state index in [1.165, 1.54) is 14.3 Å². The average Bonchev–Trinajstić information content (AvgIpc) is 3.16. The zero-order valence-corrected chi connectivity index (χ0v) is 27.7. The topological polar surface area (TPSA) is 18.5 Å². The monoisotopic (exact) mass is 592 g/mol. The maximum absolute atomic E-state index is 5.95. The first kappa shape index (κ1) is 36.9. The number of halogens is 2. The summed E-state index contributed by atoms with van der Waals surface area (Å²) in [5.74, 6) is 0. The first-order valence-corrected chi connectivity index (χ1v) is 19.0. The van der Waals surface area contributed by atoms with Crippen molar-refractivity contribution in [3.63, 3.8) is 0 Å². The predicted octanol–water partition coefficient (Wildman–Crippen LogP) is 1.13. The van der Waals surface area contributed by atoms with Gasteiger partial charge in [-0.1, -0.05) is 0 Å². The van der Waals surface area contributed by atoms with Crippen molar-refractivity contribution >= 4 is 19.8 Å². The van der Waals surface area contributed by atoms with Crippen LogP contribution in [0.5, 0.6) is 0 Å². The van der Waals surface area contributed by atoms with E-state index in [2.05, 4.69) is 116 Å². The molecule has 184 valence electrons. The molecule has 0 spiro atoms. The zero-order chi connectivity index (χ0) is 23.4. The van der Waals surface area contributed by atoms with Crippen molar-refractivity contribution in [3.8, 4) is 0 Å². The van der Waals surface area contributed by atoms with Crippen LogP contribution in [0.3, 0.4) is 0 Å².